The van der Waals surface area contributed by atoms with Crippen LogP contribution in [0.1, 0.15) is 105 Å². The van der Waals surface area contributed by atoms with Gasteiger partial charge in [-0.3, -0.25) is 0 Å². The summed E-state index contributed by atoms with van der Waals surface area (Å²) in [5.74, 6) is 0. The highest BCUT2D eigenvalue weighted by molar-refractivity contribution is 4.61. The van der Waals surface area contributed by atoms with Gasteiger partial charge < -0.3 is 0 Å². The Balaban J connectivity index is 4.42. The maximum absolute atomic E-state index is 2.70. The Labute approximate surface area is 141 Å². The summed E-state index contributed by atoms with van der Waals surface area (Å²) >= 11 is 0. The summed E-state index contributed by atoms with van der Waals surface area (Å²) in [4.78, 5) is 0. The Morgan fingerprint density at radius 2 is 0.591 bits per heavy atom. The van der Waals surface area contributed by atoms with Crippen LogP contribution < -0.4 is 0 Å². The molecule has 0 rings (SSSR count). The second kappa shape index (κ2) is 17.3. The fourth-order valence-electron chi connectivity index (χ4n) is 2.97. The van der Waals surface area contributed by atoms with Crippen LogP contribution in [0.3, 0.4) is 0 Å². The molecule has 0 saturated heterocycles. The number of nitrogens with zero attached hydrogens (tertiary/aromatic N) is 2. The van der Waals surface area contributed by atoms with Crippen molar-refractivity contribution in [3.8, 4) is 0 Å². The normalized spacial score (nSPS) is 11.7. The van der Waals surface area contributed by atoms with Crippen molar-refractivity contribution in [2.75, 3.05) is 26.2 Å². The second-order valence-electron chi connectivity index (χ2n) is 6.74. The van der Waals surface area contributed by atoms with E-state index in [0.717, 1.165) is 0 Å². The largest absolute Gasteiger partial charge is 0.242 e. The summed E-state index contributed by atoms with van der Waals surface area (Å²) in [6.45, 7) is 14.3. The van der Waals surface area contributed by atoms with Gasteiger partial charge in [0.05, 0.1) is 0 Å². The number of rotatable bonds is 17. The zero-order chi connectivity index (χ0) is 16.5. The summed E-state index contributed by atoms with van der Waals surface area (Å²) in [5, 5.41) is 5.41. The van der Waals surface area contributed by atoms with E-state index in [2.05, 4.69) is 37.7 Å². The molecular formula is C20H44N2. The van der Waals surface area contributed by atoms with Gasteiger partial charge in [-0.15, -0.1) is 0 Å². The minimum atomic E-state index is 1.27. The first kappa shape index (κ1) is 21.9. The molecule has 0 radical (unpaired) electrons. The van der Waals surface area contributed by atoms with E-state index in [1.807, 2.05) is 0 Å². The molecule has 134 valence electrons. The topological polar surface area (TPSA) is 6.48 Å². The van der Waals surface area contributed by atoms with Gasteiger partial charge in [0, 0.05) is 26.2 Å². The first-order valence-corrected chi connectivity index (χ1v) is 10.3. The summed E-state index contributed by atoms with van der Waals surface area (Å²) in [6, 6.07) is 0. The third-order valence-electron chi connectivity index (χ3n) is 4.48. The first-order chi connectivity index (χ1) is 10.8. The second-order valence-corrected chi connectivity index (χ2v) is 6.74. The zero-order valence-electron chi connectivity index (χ0n) is 16.2. The molecule has 0 aliphatic rings. The number of unbranched alkanes of at least 4 members (excludes halogenated alkanes) is 8. The van der Waals surface area contributed by atoms with Crippen molar-refractivity contribution in [3.05, 3.63) is 0 Å². The van der Waals surface area contributed by atoms with Crippen LogP contribution in [0, 0.1) is 0 Å². The third-order valence-corrected chi connectivity index (χ3v) is 4.48. The van der Waals surface area contributed by atoms with Crippen molar-refractivity contribution in [3.63, 3.8) is 0 Å². The minimum absolute atomic E-state index is 1.27. The highest BCUT2D eigenvalue weighted by atomic mass is 15.6. The zero-order valence-corrected chi connectivity index (χ0v) is 16.2. The van der Waals surface area contributed by atoms with Gasteiger partial charge in [-0.2, -0.15) is 0 Å². The number of hydrogen-bond acceptors (Lipinski definition) is 2. The molecule has 0 aliphatic carbocycles. The molecule has 2 heteroatoms. The average Bonchev–Trinajstić information content (AvgIpc) is 2.53. The standard InChI is InChI=1S/C20H44N2/c1-5-9-13-17-21(18-14-10-6-2)22(19-15-11-7-3)20-16-12-8-4/h5-20H2,1-4H3. The first-order valence-electron chi connectivity index (χ1n) is 10.3. The Morgan fingerprint density at radius 3 is 0.773 bits per heavy atom. The monoisotopic (exact) mass is 312 g/mol. The van der Waals surface area contributed by atoms with Gasteiger partial charge in [-0.25, -0.2) is 10.0 Å². The smallest absolute Gasteiger partial charge is 0.0133 e. The molecule has 0 saturated carbocycles. The van der Waals surface area contributed by atoms with Gasteiger partial charge in [0.1, 0.15) is 0 Å². The molecule has 0 spiro atoms. The lowest BCUT2D eigenvalue weighted by Crippen LogP contribution is -2.45. The lowest BCUT2D eigenvalue weighted by Gasteiger charge is -2.35. The molecule has 22 heavy (non-hydrogen) atoms. The van der Waals surface area contributed by atoms with Gasteiger partial charge >= 0.3 is 0 Å². The highest BCUT2D eigenvalue weighted by Crippen LogP contribution is 2.11. The Bertz CT molecular complexity index is 164. The molecule has 0 aromatic heterocycles. The van der Waals surface area contributed by atoms with E-state index in [4.69, 9.17) is 0 Å². The van der Waals surface area contributed by atoms with Crippen LogP contribution in [0.15, 0.2) is 0 Å². The molecule has 0 unspecified atom stereocenters. The predicted molar refractivity (Wildman–Crippen MR) is 101 cm³/mol. The lowest BCUT2D eigenvalue weighted by molar-refractivity contribution is -0.0305. The van der Waals surface area contributed by atoms with E-state index in [0.29, 0.717) is 0 Å². The maximum Gasteiger partial charge on any atom is 0.0133 e. The Hall–Kier alpha value is -0.0800. The van der Waals surface area contributed by atoms with Gasteiger partial charge in [-0.1, -0.05) is 79.1 Å². The molecule has 0 aromatic carbocycles. The van der Waals surface area contributed by atoms with Crippen LogP contribution >= 0.6 is 0 Å². The lowest BCUT2D eigenvalue weighted by atomic mass is 10.2. The van der Waals surface area contributed by atoms with Crippen molar-refractivity contribution in [2.24, 2.45) is 0 Å². The van der Waals surface area contributed by atoms with Crippen LogP contribution in [-0.4, -0.2) is 36.2 Å². The van der Waals surface area contributed by atoms with Gasteiger partial charge in [0.2, 0.25) is 0 Å². The van der Waals surface area contributed by atoms with Crippen LogP contribution in [0.2, 0.25) is 0 Å². The summed E-state index contributed by atoms with van der Waals surface area (Å²) in [7, 11) is 0. The van der Waals surface area contributed by atoms with Crippen molar-refractivity contribution in [2.45, 2.75) is 105 Å². The quantitative estimate of drug-likeness (QED) is 0.231. The minimum Gasteiger partial charge on any atom is -0.242 e. The fraction of sp³-hybridized carbons (Fsp3) is 1.00. The van der Waals surface area contributed by atoms with Gasteiger partial charge in [-0.05, 0) is 25.7 Å². The molecular weight excluding hydrogens is 268 g/mol. The molecule has 0 aromatic rings. The predicted octanol–water partition coefficient (Wildman–Crippen LogP) is 6.27. The summed E-state index contributed by atoms with van der Waals surface area (Å²) in [5.41, 5.74) is 0. The molecule has 0 fully saturated rings. The molecule has 0 aliphatic heterocycles. The highest BCUT2D eigenvalue weighted by Gasteiger charge is 2.14. The number of hydrogen-bond donors (Lipinski definition) is 0. The molecule has 0 bridgehead atoms. The Morgan fingerprint density at radius 1 is 0.364 bits per heavy atom. The van der Waals surface area contributed by atoms with Crippen LogP contribution in [0.5, 0.6) is 0 Å². The molecule has 0 atom stereocenters. The van der Waals surface area contributed by atoms with Crippen LogP contribution in [0.4, 0.5) is 0 Å². The van der Waals surface area contributed by atoms with Crippen molar-refractivity contribution >= 4 is 0 Å². The summed E-state index contributed by atoms with van der Waals surface area (Å²) < 4.78 is 0. The number of hydrazine groups is 1. The fourth-order valence-corrected chi connectivity index (χ4v) is 2.97. The van der Waals surface area contributed by atoms with E-state index in [1.54, 1.807) is 0 Å². The summed E-state index contributed by atoms with van der Waals surface area (Å²) in [6.07, 6.45) is 16.3. The molecule has 2 nitrogen and oxygen atoms in total. The average molecular weight is 313 g/mol. The molecule has 0 N–H and O–H groups in total. The maximum atomic E-state index is 2.70. The van der Waals surface area contributed by atoms with Crippen LogP contribution in [-0.2, 0) is 0 Å². The molecule has 0 amide bonds. The van der Waals surface area contributed by atoms with E-state index in [-0.39, 0.29) is 0 Å². The van der Waals surface area contributed by atoms with Gasteiger partial charge in [0.25, 0.3) is 0 Å². The third kappa shape index (κ3) is 12.5. The van der Waals surface area contributed by atoms with E-state index >= 15 is 0 Å². The van der Waals surface area contributed by atoms with E-state index in [9.17, 15) is 0 Å². The van der Waals surface area contributed by atoms with Crippen LogP contribution in [0.25, 0.3) is 0 Å². The SMILES string of the molecule is CCCCCN(CCCCC)N(CCCCC)CCCCC. The van der Waals surface area contributed by atoms with Crippen molar-refractivity contribution in [1.29, 1.82) is 0 Å². The van der Waals surface area contributed by atoms with E-state index in [1.165, 1.54) is 103 Å². The van der Waals surface area contributed by atoms with Gasteiger partial charge in [0.15, 0.2) is 0 Å². The van der Waals surface area contributed by atoms with E-state index < -0.39 is 0 Å². The van der Waals surface area contributed by atoms with Crippen molar-refractivity contribution in [1.82, 2.24) is 10.0 Å². The Kier molecular flexibility index (Phi) is 17.2. The molecule has 0 heterocycles. The van der Waals surface area contributed by atoms with Crippen molar-refractivity contribution < 1.29 is 0 Å².